The van der Waals surface area contributed by atoms with E-state index < -0.39 is 5.60 Å². The molecule has 0 aromatic heterocycles. The van der Waals surface area contributed by atoms with Gasteiger partial charge in [-0.2, -0.15) is 0 Å². The third-order valence-corrected chi connectivity index (χ3v) is 5.02. The minimum atomic E-state index is -0.733. The van der Waals surface area contributed by atoms with E-state index in [2.05, 4.69) is 5.32 Å². The first-order chi connectivity index (χ1) is 12.1. The molecule has 2 heterocycles. The Labute approximate surface area is 150 Å². The van der Waals surface area contributed by atoms with E-state index >= 15 is 0 Å². The molecule has 0 saturated carbocycles. The number of carbonyl (C=O) groups excluding carboxylic acids is 2. The monoisotopic (exact) mass is 356 g/mol. The van der Waals surface area contributed by atoms with Crippen molar-refractivity contribution in [2.45, 2.75) is 18.4 Å². The van der Waals surface area contributed by atoms with Crippen molar-refractivity contribution < 1.29 is 14.3 Å². The molecule has 1 unspecified atom stereocenters. The Balaban J connectivity index is 1.54. The van der Waals surface area contributed by atoms with Crippen molar-refractivity contribution in [3.05, 3.63) is 64.7 Å². The van der Waals surface area contributed by atoms with Gasteiger partial charge in [0.15, 0.2) is 5.60 Å². The minimum absolute atomic E-state index is 0.207. The van der Waals surface area contributed by atoms with Crippen LogP contribution in [0.4, 0.5) is 10.5 Å². The second-order valence-electron chi connectivity index (χ2n) is 6.39. The van der Waals surface area contributed by atoms with E-state index in [4.69, 9.17) is 16.3 Å². The summed E-state index contributed by atoms with van der Waals surface area (Å²) in [4.78, 5) is 26.5. The van der Waals surface area contributed by atoms with Gasteiger partial charge in [0.05, 0.1) is 12.1 Å². The number of hydrogen-bond donors (Lipinski definition) is 1. The fourth-order valence-electron chi connectivity index (χ4n) is 3.58. The van der Waals surface area contributed by atoms with Crippen molar-refractivity contribution in [1.82, 2.24) is 4.90 Å². The molecule has 1 saturated heterocycles. The summed E-state index contributed by atoms with van der Waals surface area (Å²) in [6.45, 7) is 0.982. The largest absolute Gasteiger partial charge is 0.449 e. The van der Waals surface area contributed by atoms with Crippen LogP contribution in [0.2, 0.25) is 5.02 Å². The lowest BCUT2D eigenvalue weighted by molar-refractivity contribution is -0.0400. The van der Waals surface area contributed by atoms with Crippen LogP contribution in [0.1, 0.15) is 28.8 Å². The highest BCUT2D eigenvalue weighted by atomic mass is 35.5. The lowest BCUT2D eigenvalue weighted by Crippen LogP contribution is -2.50. The van der Waals surface area contributed by atoms with Gasteiger partial charge in [-0.1, -0.05) is 29.8 Å². The Hall–Kier alpha value is -2.53. The normalized spacial score (nSPS) is 21.8. The fraction of sp³-hybridized carbons (Fsp3) is 0.263. The quantitative estimate of drug-likeness (QED) is 0.785. The molecular formula is C19H17ClN2O3. The summed E-state index contributed by atoms with van der Waals surface area (Å²) in [6.07, 6.45) is 1.50. The molecule has 1 N–H and O–H groups in total. The first-order valence-electron chi connectivity index (χ1n) is 8.22. The molecule has 0 bridgehead atoms. The molecule has 128 valence electrons. The summed E-state index contributed by atoms with van der Waals surface area (Å²) in [6, 6.07) is 14.2. The highest BCUT2D eigenvalue weighted by Crippen LogP contribution is 2.42. The molecule has 1 fully saturated rings. The zero-order chi connectivity index (χ0) is 17.4. The van der Waals surface area contributed by atoms with Crippen LogP contribution in [0.25, 0.3) is 0 Å². The van der Waals surface area contributed by atoms with Crippen molar-refractivity contribution in [1.29, 1.82) is 0 Å². The van der Waals surface area contributed by atoms with Gasteiger partial charge in [-0.25, -0.2) is 9.59 Å². The van der Waals surface area contributed by atoms with Gasteiger partial charge < -0.3 is 15.0 Å². The molecule has 2 aromatic rings. The van der Waals surface area contributed by atoms with Crippen molar-refractivity contribution in [2.24, 2.45) is 0 Å². The van der Waals surface area contributed by atoms with E-state index in [-0.39, 0.29) is 12.0 Å². The molecule has 25 heavy (non-hydrogen) atoms. The van der Waals surface area contributed by atoms with E-state index in [1.165, 1.54) is 0 Å². The zero-order valence-electron chi connectivity index (χ0n) is 13.5. The Kier molecular flexibility index (Phi) is 3.88. The number of hydrogen-bond acceptors (Lipinski definition) is 3. The molecular weight excluding hydrogens is 340 g/mol. The van der Waals surface area contributed by atoms with E-state index in [0.717, 1.165) is 18.4 Å². The number of nitrogens with one attached hydrogen (secondary N) is 1. The number of esters is 1. The summed E-state index contributed by atoms with van der Waals surface area (Å²) < 4.78 is 5.73. The topological polar surface area (TPSA) is 58.6 Å². The Morgan fingerprint density at radius 2 is 1.92 bits per heavy atom. The number of nitrogens with zero attached hydrogens (tertiary/aromatic N) is 1. The molecule has 0 radical (unpaired) electrons. The summed E-state index contributed by atoms with van der Waals surface area (Å²) in [7, 11) is 0. The Morgan fingerprint density at radius 1 is 1.16 bits per heavy atom. The SMILES string of the molecule is O=C1OC2(CCCN(C(=O)Nc3ccc(Cl)cc3)C2)c2ccccc21. The van der Waals surface area contributed by atoms with Gasteiger partial charge in [0, 0.05) is 22.8 Å². The van der Waals surface area contributed by atoms with Gasteiger partial charge in [-0.3, -0.25) is 0 Å². The van der Waals surface area contributed by atoms with E-state index in [0.29, 0.717) is 29.4 Å². The molecule has 5 nitrogen and oxygen atoms in total. The number of ether oxygens (including phenoxy) is 1. The number of urea groups is 1. The van der Waals surface area contributed by atoms with Crippen LogP contribution in [0, 0.1) is 0 Å². The van der Waals surface area contributed by atoms with Crippen molar-refractivity contribution in [2.75, 3.05) is 18.4 Å². The van der Waals surface area contributed by atoms with Gasteiger partial charge in [-0.15, -0.1) is 0 Å². The Bertz CT molecular complexity index is 837. The van der Waals surface area contributed by atoms with Crippen LogP contribution in [0.3, 0.4) is 0 Å². The lowest BCUT2D eigenvalue weighted by atomic mass is 9.85. The molecule has 2 aliphatic heterocycles. The van der Waals surface area contributed by atoms with Crippen LogP contribution >= 0.6 is 11.6 Å². The number of piperidine rings is 1. The molecule has 4 rings (SSSR count). The molecule has 0 aliphatic carbocycles. The lowest BCUT2D eigenvalue weighted by Gasteiger charge is -2.39. The van der Waals surface area contributed by atoms with Crippen LogP contribution in [0.15, 0.2) is 48.5 Å². The molecule has 2 aromatic carbocycles. The average Bonchev–Trinajstić information content (AvgIpc) is 2.89. The summed E-state index contributed by atoms with van der Waals surface area (Å²) in [5, 5.41) is 3.48. The predicted molar refractivity (Wildman–Crippen MR) is 94.8 cm³/mol. The number of likely N-dealkylation sites (tertiary alicyclic amines) is 1. The molecule has 2 aliphatic rings. The smallest absolute Gasteiger partial charge is 0.339 e. The number of amides is 2. The van der Waals surface area contributed by atoms with Crippen LogP contribution in [-0.4, -0.2) is 30.0 Å². The first-order valence-corrected chi connectivity index (χ1v) is 8.60. The third-order valence-electron chi connectivity index (χ3n) is 4.76. The summed E-state index contributed by atoms with van der Waals surface area (Å²) >= 11 is 5.87. The van der Waals surface area contributed by atoms with Gasteiger partial charge in [0.25, 0.3) is 0 Å². The number of halogens is 1. The zero-order valence-corrected chi connectivity index (χ0v) is 14.3. The van der Waals surface area contributed by atoms with Crippen LogP contribution < -0.4 is 5.32 Å². The van der Waals surface area contributed by atoms with E-state index in [9.17, 15) is 9.59 Å². The third kappa shape index (κ3) is 2.85. The van der Waals surface area contributed by atoms with Crippen molar-refractivity contribution in [3.8, 4) is 0 Å². The molecule has 1 atom stereocenters. The summed E-state index contributed by atoms with van der Waals surface area (Å²) in [5.74, 6) is -0.310. The van der Waals surface area contributed by atoms with Crippen LogP contribution in [-0.2, 0) is 10.3 Å². The van der Waals surface area contributed by atoms with Crippen LogP contribution in [0.5, 0.6) is 0 Å². The van der Waals surface area contributed by atoms with Gasteiger partial charge in [-0.05, 0) is 43.2 Å². The maximum atomic E-state index is 12.6. The fourth-order valence-corrected chi connectivity index (χ4v) is 3.71. The second-order valence-corrected chi connectivity index (χ2v) is 6.83. The van der Waals surface area contributed by atoms with Gasteiger partial charge >= 0.3 is 12.0 Å². The van der Waals surface area contributed by atoms with E-state index in [1.54, 1.807) is 35.2 Å². The minimum Gasteiger partial charge on any atom is -0.449 e. The second kappa shape index (κ2) is 6.08. The number of rotatable bonds is 1. The van der Waals surface area contributed by atoms with Crippen molar-refractivity contribution >= 4 is 29.3 Å². The Morgan fingerprint density at radius 3 is 2.72 bits per heavy atom. The highest BCUT2D eigenvalue weighted by molar-refractivity contribution is 6.30. The molecule has 2 amide bonds. The number of benzene rings is 2. The standard InChI is InChI=1S/C19H17ClN2O3/c20-13-6-8-14(9-7-13)21-18(24)22-11-3-10-19(12-22)16-5-2-1-4-15(16)17(23)25-19/h1-2,4-9H,3,10-12H2,(H,21,24). The van der Waals surface area contributed by atoms with Crippen molar-refractivity contribution in [3.63, 3.8) is 0 Å². The highest BCUT2D eigenvalue weighted by Gasteiger charge is 2.48. The van der Waals surface area contributed by atoms with Gasteiger partial charge in [0.2, 0.25) is 0 Å². The van der Waals surface area contributed by atoms with E-state index in [1.807, 2.05) is 18.2 Å². The molecule has 6 heteroatoms. The summed E-state index contributed by atoms with van der Waals surface area (Å²) in [5.41, 5.74) is 1.42. The maximum Gasteiger partial charge on any atom is 0.339 e. The van der Waals surface area contributed by atoms with Gasteiger partial charge in [0.1, 0.15) is 0 Å². The first kappa shape index (κ1) is 16.0. The maximum absolute atomic E-state index is 12.6. The number of fused-ring (bicyclic) bond motifs is 2. The average molecular weight is 357 g/mol. The predicted octanol–water partition coefficient (Wildman–Crippen LogP) is 4.03. The number of carbonyl (C=O) groups is 2. The molecule has 1 spiro atoms. The number of anilines is 1.